The SMILES string of the molecule is NC(=O)[C@H](CO)NC(=O)c1ccccc1Nc1ccc2c(/C=C/c3ccccn3)n[nH]c2c1. The van der Waals surface area contributed by atoms with Crippen LogP contribution in [-0.2, 0) is 4.79 Å². The molecule has 2 aromatic carbocycles. The van der Waals surface area contributed by atoms with Crippen LogP contribution in [0.5, 0.6) is 0 Å². The molecule has 9 nitrogen and oxygen atoms in total. The lowest BCUT2D eigenvalue weighted by molar-refractivity contribution is -0.120. The van der Waals surface area contributed by atoms with E-state index in [9.17, 15) is 14.7 Å². The van der Waals surface area contributed by atoms with Crippen molar-refractivity contribution in [2.24, 2.45) is 5.73 Å². The summed E-state index contributed by atoms with van der Waals surface area (Å²) in [6.07, 6.45) is 5.52. The number of para-hydroxylation sites is 1. The molecule has 0 aliphatic rings. The number of carbonyl (C=O) groups excluding carboxylic acids is 2. The second-order valence-electron chi connectivity index (χ2n) is 7.24. The van der Waals surface area contributed by atoms with Gasteiger partial charge in [-0.05, 0) is 54.6 Å². The fourth-order valence-corrected chi connectivity index (χ4v) is 3.27. The number of primary amides is 1. The molecule has 4 rings (SSSR count). The first-order valence-electron chi connectivity index (χ1n) is 10.2. The first kappa shape index (κ1) is 21.7. The van der Waals surface area contributed by atoms with Crippen molar-refractivity contribution < 1.29 is 14.7 Å². The van der Waals surface area contributed by atoms with E-state index in [0.29, 0.717) is 11.3 Å². The smallest absolute Gasteiger partial charge is 0.254 e. The second-order valence-corrected chi connectivity index (χ2v) is 7.24. The number of aromatic nitrogens is 3. The van der Waals surface area contributed by atoms with Gasteiger partial charge in [0.05, 0.1) is 34.8 Å². The summed E-state index contributed by atoms with van der Waals surface area (Å²) in [7, 11) is 0. The van der Waals surface area contributed by atoms with Crippen molar-refractivity contribution in [3.63, 3.8) is 0 Å². The first-order chi connectivity index (χ1) is 16.0. The first-order valence-corrected chi connectivity index (χ1v) is 10.2. The van der Waals surface area contributed by atoms with E-state index in [2.05, 4.69) is 25.8 Å². The fraction of sp³-hybridized carbons (Fsp3) is 0.0833. The Hall–Kier alpha value is -4.50. The van der Waals surface area contributed by atoms with Crippen molar-refractivity contribution in [1.82, 2.24) is 20.5 Å². The average Bonchev–Trinajstić information content (AvgIpc) is 3.24. The van der Waals surface area contributed by atoms with Gasteiger partial charge in [0.2, 0.25) is 5.91 Å². The number of aliphatic hydroxyl groups is 1. The zero-order chi connectivity index (χ0) is 23.2. The molecule has 0 aliphatic heterocycles. The standard InChI is InChI=1S/C24H22N6O3/c25-23(32)22(14-31)28-24(33)18-6-1-2-7-19(18)27-16-8-10-17-20(29-30-21(17)13-16)11-9-15-5-3-4-12-26-15/h1-13,22,27,31H,14H2,(H2,25,32)(H,28,33)(H,29,30)/b11-9+/t22-/m0/s1. The van der Waals surface area contributed by atoms with Crippen LogP contribution in [0.1, 0.15) is 21.7 Å². The molecule has 0 spiro atoms. The molecule has 4 aromatic rings. The molecule has 0 unspecified atom stereocenters. The van der Waals surface area contributed by atoms with Crippen LogP contribution < -0.4 is 16.4 Å². The van der Waals surface area contributed by atoms with Crippen molar-refractivity contribution in [3.05, 3.63) is 83.8 Å². The third-order valence-corrected chi connectivity index (χ3v) is 4.97. The Morgan fingerprint density at radius 3 is 2.67 bits per heavy atom. The lowest BCUT2D eigenvalue weighted by atomic mass is 10.1. The molecule has 2 aromatic heterocycles. The van der Waals surface area contributed by atoms with Crippen molar-refractivity contribution in [3.8, 4) is 0 Å². The van der Waals surface area contributed by atoms with Gasteiger partial charge in [-0.25, -0.2) is 0 Å². The van der Waals surface area contributed by atoms with Crippen LogP contribution in [0.15, 0.2) is 66.9 Å². The highest BCUT2D eigenvalue weighted by atomic mass is 16.3. The number of anilines is 2. The number of hydrogen-bond donors (Lipinski definition) is 5. The lowest BCUT2D eigenvalue weighted by Gasteiger charge is -2.15. The molecule has 9 heteroatoms. The number of nitrogens with two attached hydrogens (primary N) is 1. The predicted molar refractivity (Wildman–Crippen MR) is 127 cm³/mol. The van der Waals surface area contributed by atoms with Crippen LogP contribution in [0.3, 0.4) is 0 Å². The van der Waals surface area contributed by atoms with E-state index in [1.165, 1.54) is 0 Å². The summed E-state index contributed by atoms with van der Waals surface area (Å²) in [4.78, 5) is 28.2. The van der Waals surface area contributed by atoms with Crippen LogP contribution >= 0.6 is 0 Å². The Bertz CT molecular complexity index is 1320. The lowest BCUT2D eigenvalue weighted by Crippen LogP contribution is -2.46. The molecular weight excluding hydrogens is 420 g/mol. The van der Waals surface area contributed by atoms with E-state index in [0.717, 1.165) is 28.0 Å². The third kappa shape index (κ3) is 5.05. The number of nitrogens with zero attached hydrogens (tertiary/aromatic N) is 2. The highest BCUT2D eigenvalue weighted by Gasteiger charge is 2.19. The number of aromatic amines is 1. The zero-order valence-electron chi connectivity index (χ0n) is 17.5. The van der Waals surface area contributed by atoms with Crippen LogP contribution in [0.25, 0.3) is 23.1 Å². The summed E-state index contributed by atoms with van der Waals surface area (Å²) >= 11 is 0. The van der Waals surface area contributed by atoms with Gasteiger partial charge in [0, 0.05) is 17.3 Å². The van der Waals surface area contributed by atoms with Gasteiger partial charge in [-0.2, -0.15) is 5.10 Å². The maximum atomic E-state index is 12.6. The van der Waals surface area contributed by atoms with E-state index < -0.39 is 24.5 Å². The minimum atomic E-state index is -1.16. The van der Waals surface area contributed by atoms with Crippen molar-refractivity contribution in [2.75, 3.05) is 11.9 Å². The van der Waals surface area contributed by atoms with Crippen LogP contribution in [0.2, 0.25) is 0 Å². The van der Waals surface area contributed by atoms with E-state index in [4.69, 9.17) is 5.73 Å². The van der Waals surface area contributed by atoms with Gasteiger partial charge in [-0.15, -0.1) is 0 Å². The number of benzene rings is 2. The summed E-state index contributed by atoms with van der Waals surface area (Å²) in [5.41, 5.74) is 9.21. The second kappa shape index (κ2) is 9.75. The molecule has 0 saturated carbocycles. The number of pyridine rings is 1. The molecule has 166 valence electrons. The predicted octanol–water partition coefficient (Wildman–Crippen LogP) is 2.45. The summed E-state index contributed by atoms with van der Waals surface area (Å²) < 4.78 is 0. The van der Waals surface area contributed by atoms with Crippen molar-refractivity contribution in [2.45, 2.75) is 6.04 Å². The molecule has 33 heavy (non-hydrogen) atoms. The molecule has 0 radical (unpaired) electrons. The maximum absolute atomic E-state index is 12.6. The molecular formula is C24H22N6O3. The Morgan fingerprint density at radius 1 is 1.09 bits per heavy atom. The maximum Gasteiger partial charge on any atom is 0.254 e. The number of aliphatic hydroxyl groups excluding tert-OH is 1. The van der Waals surface area contributed by atoms with Gasteiger partial charge in [0.25, 0.3) is 5.91 Å². The molecule has 0 aliphatic carbocycles. The van der Waals surface area contributed by atoms with E-state index in [1.54, 1.807) is 30.5 Å². The average molecular weight is 442 g/mol. The number of rotatable bonds is 8. The Labute approximate surface area is 189 Å². The van der Waals surface area contributed by atoms with E-state index >= 15 is 0 Å². The van der Waals surface area contributed by atoms with E-state index in [1.807, 2.05) is 48.6 Å². The highest BCUT2D eigenvalue weighted by molar-refractivity contribution is 6.02. The highest BCUT2D eigenvalue weighted by Crippen LogP contribution is 2.26. The molecule has 6 N–H and O–H groups in total. The quantitative estimate of drug-likeness (QED) is 0.283. The zero-order valence-corrected chi connectivity index (χ0v) is 17.5. The number of hydrogen-bond acceptors (Lipinski definition) is 6. The van der Waals surface area contributed by atoms with E-state index in [-0.39, 0.29) is 0 Å². The Balaban J connectivity index is 1.55. The number of nitrogens with one attached hydrogen (secondary N) is 3. The van der Waals surface area contributed by atoms with Crippen molar-refractivity contribution >= 4 is 46.2 Å². The minimum absolute atomic E-state index is 0.306. The number of fused-ring (bicyclic) bond motifs is 1. The van der Waals surface area contributed by atoms with Crippen LogP contribution in [0.4, 0.5) is 11.4 Å². The third-order valence-electron chi connectivity index (χ3n) is 4.97. The Kier molecular flexibility index (Phi) is 6.42. The van der Waals surface area contributed by atoms with Gasteiger partial charge in [-0.3, -0.25) is 19.7 Å². The topological polar surface area (TPSA) is 146 Å². The number of amides is 2. The molecule has 0 bridgehead atoms. The number of H-pyrrole nitrogens is 1. The normalized spacial score (nSPS) is 12.0. The van der Waals surface area contributed by atoms with Gasteiger partial charge in [-0.1, -0.05) is 18.2 Å². The monoisotopic (exact) mass is 442 g/mol. The number of carbonyl (C=O) groups is 2. The summed E-state index contributed by atoms with van der Waals surface area (Å²) in [6, 6.07) is 17.1. The molecule has 2 heterocycles. The molecule has 0 fully saturated rings. The fourth-order valence-electron chi connectivity index (χ4n) is 3.27. The molecule has 0 saturated heterocycles. The summed E-state index contributed by atoms with van der Waals surface area (Å²) in [5, 5.41) is 23.2. The molecule has 2 amide bonds. The van der Waals surface area contributed by atoms with Gasteiger partial charge < -0.3 is 21.5 Å². The van der Waals surface area contributed by atoms with Gasteiger partial charge in [0.1, 0.15) is 6.04 Å². The largest absolute Gasteiger partial charge is 0.394 e. The van der Waals surface area contributed by atoms with Gasteiger partial charge >= 0.3 is 0 Å². The van der Waals surface area contributed by atoms with Crippen LogP contribution in [0, 0.1) is 0 Å². The molecule has 1 atom stereocenters. The van der Waals surface area contributed by atoms with Crippen LogP contribution in [-0.4, -0.2) is 44.8 Å². The summed E-state index contributed by atoms with van der Waals surface area (Å²) in [5.74, 6) is -1.34. The van der Waals surface area contributed by atoms with Crippen molar-refractivity contribution in [1.29, 1.82) is 0 Å². The minimum Gasteiger partial charge on any atom is -0.394 e. The Morgan fingerprint density at radius 2 is 1.91 bits per heavy atom. The summed E-state index contributed by atoms with van der Waals surface area (Å²) in [6.45, 7) is -0.579. The van der Waals surface area contributed by atoms with Gasteiger partial charge in [0.15, 0.2) is 0 Å².